The van der Waals surface area contributed by atoms with E-state index in [2.05, 4.69) is 77.9 Å². The third kappa shape index (κ3) is 4.58. The minimum Gasteiger partial charge on any atom is -0.481 e. The summed E-state index contributed by atoms with van der Waals surface area (Å²) in [4.78, 5) is 13.1. The van der Waals surface area contributed by atoms with Gasteiger partial charge in [-0.2, -0.15) is 5.10 Å². The highest BCUT2D eigenvalue weighted by Gasteiger charge is 2.69. The number of guanidine groups is 1. The highest BCUT2D eigenvalue weighted by Crippen LogP contribution is 2.76. The van der Waals surface area contributed by atoms with Gasteiger partial charge in [0.05, 0.1) is 11.1 Å². The maximum atomic E-state index is 13.1. The first-order valence-electron chi connectivity index (χ1n) is 17.1. The van der Waals surface area contributed by atoms with Gasteiger partial charge in [-0.15, -0.1) is 5.10 Å². The highest BCUT2D eigenvalue weighted by atomic mass is 35.5. The van der Waals surface area contributed by atoms with E-state index in [4.69, 9.17) is 28.2 Å². The average Bonchev–Trinajstić information content (AvgIpc) is 2.95. The van der Waals surface area contributed by atoms with Crippen molar-refractivity contribution >= 4 is 35.3 Å². The summed E-state index contributed by atoms with van der Waals surface area (Å²) in [5.74, 6) is 1.25. The van der Waals surface area contributed by atoms with Crippen LogP contribution in [0.5, 0.6) is 0 Å². The monoisotopic (exact) mass is 632 g/mol. The van der Waals surface area contributed by atoms with Crippen LogP contribution in [0.3, 0.4) is 0 Å². The molecule has 6 rings (SSSR count). The fourth-order valence-electron chi connectivity index (χ4n) is 11.9. The van der Waals surface area contributed by atoms with Gasteiger partial charge in [0.15, 0.2) is 0 Å². The predicted octanol–water partition coefficient (Wildman–Crippen LogP) is 8.70. The van der Waals surface area contributed by atoms with Gasteiger partial charge in [0.2, 0.25) is 5.96 Å². The molecule has 1 aromatic carbocycles. The van der Waals surface area contributed by atoms with Gasteiger partial charge >= 0.3 is 5.97 Å². The van der Waals surface area contributed by atoms with E-state index >= 15 is 0 Å². The van der Waals surface area contributed by atoms with E-state index in [9.17, 15) is 9.90 Å². The Morgan fingerprint density at radius 3 is 2.31 bits per heavy atom. The summed E-state index contributed by atoms with van der Waals surface area (Å²) in [5, 5.41) is 20.4. The lowest BCUT2D eigenvalue weighted by Gasteiger charge is -2.71. The van der Waals surface area contributed by atoms with Crippen molar-refractivity contribution in [2.24, 2.45) is 78.3 Å². The number of rotatable bonds is 3. The smallest absolute Gasteiger partial charge is 0.310 e. The van der Waals surface area contributed by atoms with E-state index < -0.39 is 11.4 Å². The first-order chi connectivity index (χ1) is 21.0. The molecule has 4 fully saturated rings. The van der Waals surface area contributed by atoms with Crippen molar-refractivity contribution in [2.45, 2.75) is 99.8 Å². The number of fused-ring (bicyclic) bond motifs is 7. The summed E-state index contributed by atoms with van der Waals surface area (Å²) >= 11 is 6.24. The van der Waals surface area contributed by atoms with Gasteiger partial charge < -0.3 is 16.6 Å². The van der Waals surface area contributed by atoms with Crippen LogP contribution in [-0.2, 0) is 4.79 Å². The van der Waals surface area contributed by atoms with Crippen molar-refractivity contribution in [2.75, 3.05) is 0 Å². The molecule has 0 unspecified atom stereocenters. The number of allylic oxidation sites excluding steroid dienone is 3. The van der Waals surface area contributed by atoms with Crippen LogP contribution < -0.4 is 11.5 Å². The molecule has 6 nitrogen and oxygen atoms in total. The Balaban J connectivity index is 1.48. The molecule has 0 bridgehead atoms. The third-order valence-corrected chi connectivity index (χ3v) is 14.8. The molecule has 5 aliphatic carbocycles. The quantitative estimate of drug-likeness (QED) is 0.134. The van der Waals surface area contributed by atoms with Gasteiger partial charge in [0.1, 0.15) is 0 Å². The van der Waals surface area contributed by atoms with E-state index in [-0.39, 0.29) is 33.5 Å². The average molecular weight is 633 g/mol. The van der Waals surface area contributed by atoms with E-state index in [1.165, 1.54) is 11.1 Å². The van der Waals surface area contributed by atoms with Crippen LogP contribution in [0.4, 0.5) is 0 Å². The number of carboxylic acid groups (broad SMARTS) is 1. The van der Waals surface area contributed by atoms with E-state index in [1.807, 2.05) is 12.1 Å². The zero-order valence-corrected chi connectivity index (χ0v) is 29.0. The van der Waals surface area contributed by atoms with Crippen molar-refractivity contribution in [3.8, 4) is 0 Å². The summed E-state index contributed by atoms with van der Waals surface area (Å²) in [6.45, 7) is 16.9. The molecule has 5 aliphatic rings. The Morgan fingerprint density at radius 1 is 0.978 bits per heavy atom. The molecule has 0 saturated heterocycles. The lowest BCUT2D eigenvalue weighted by Crippen LogP contribution is -2.65. The van der Waals surface area contributed by atoms with Crippen LogP contribution in [0.1, 0.15) is 105 Å². The first kappa shape index (κ1) is 32.3. The Labute approximate surface area is 274 Å². The minimum atomic E-state index is -0.625. The molecule has 7 heteroatoms. The fraction of sp³-hybridized carbons (Fsp3) is 0.658. The number of aliphatic carboxylic acids is 1. The molecule has 244 valence electrons. The van der Waals surface area contributed by atoms with Gasteiger partial charge in [-0.3, -0.25) is 4.79 Å². The second-order valence-corrected chi connectivity index (χ2v) is 17.1. The Bertz CT molecular complexity index is 1510. The van der Waals surface area contributed by atoms with Crippen LogP contribution >= 0.6 is 11.6 Å². The van der Waals surface area contributed by atoms with Crippen molar-refractivity contribution in [1.29, 1.82) is 0 Å². The van der Waals surface area contributed by atoms with E-state index in [0.717, 1.165) is 62.6 Å². The normalized spacial score (nSPS) is 43.7. The van der Waals surface area contributed by atoms with E-state index in [1.54, 1.807) is 0 Å². The summed E-state index contributed by atoms with van der Waals surface area (Å²) in [6, 6.07) is 7.97. The molecule has 1 aromatic rings. The number of carboxylic acids is 1. The maximum absolute atomic E-state index is 13.1. The summed E-state index contributed by atoms with van der Waals surface area (Å²) in [6.07, 6.45) is 12.4. The molecule has 0 aromatic heterocycles. The third-order valence-electron chi connectivity index (χ3n) is 14.5. The van der Waals surface area contributed by atoms with Crippen molar-refractivity contribution in [3.63, 3.8) is 0 Å². The Kier molecular flexibility index (Phi) is 7.70. The van der Waals surface area contributed by atoms with Gasteiger partial charge in [-0.25, -0.2) is 0 Å². The van der Waals surface area contributed by atoms with Crippen LogP contribution in [0.15, 0.2) is 51.7 Å². The molecule has 0 radical (unpaired) electrons. The Morgan fingerprint density at radius 2 is 1.67 bits per heavy atom. The van der Waals surface area contributed by atoms with Crippen LogP contribution in [0.2, 0.25) is 5.02 Å². The molecule has 0 heterocycles. The molecule has 0 aliphatic heterocycles. The standard InChI is InChI=1S/C38H53ClN4O2/c1-22-14-17-38(32(44)45)19-18-36(6)27(30(38)23(22)2)12-13-29-35(5)21-25(20-24-8-10-26(39)11-9-24)31(42-43-33(40)41)34(3,4)28(35)15-16-37(29,36)7/h8-12,20,22-23,28-30H,13-19,21H2,1-7H3,(H,44,45)(H4,40,41,43)/b25-20+,42-31+/t22-,23+,28+,29-,30+,35+,36-,37-,38+/m1/s1. The second-order valence-electron chi connectivity index (χ2n) is 16.7. The first-order valence-corrected chi connectivity index (χ1v) is 17.5. The number of hydrogen-bond acceptors (Lipinski definition) is 3. The van der Waals surface area contributed by atoms with Crippen LogP contribution in [-0.4, -0.2) is 22.7 Å². The van der Waals surface area contributed by atoms with Gasteiger partial charge in [0, 0.05) is 10.4 Å². The molecule has 4 saturated carbocycles. The topological polar surface area (TPSA) is 114 Å². The molecular weight excluding hydrogens is 580 g/mol. The maximum Gasteiger partial charge on any atom is 0.310 e. The van der Waals surface area contributed by atoms with Gasteiger partial charge in [-0.1, -0.05) is 83.8 Å². The van der Waals surface area contributed by atoms with Crippen LogP contribution in [0, 0.1) is 56.7 Å². The number of hydrogen-bond donors (Lipinski definition) is 3. The molecule has 9 atom stereocenters. The fourth-order valence-corrected chi connectivity index (χ4v) is 12.0. The van der Waals surface area contributed by atoms with Crippen molar-refractivity contribution < 1.29 is 9.90 Å². The predicted molar refractivity (Wildman–Crippen MR) is 185 cm³/mol. The Hall–Kier alpha value is -2.60. The zero-order chi connectivity index (χ0) is 32.7. The lowest BCUT2D eigenvalue weighted by molar-refractivity contribution is -0.179. The second kappa shape index (κ2) is 10.7. The number of nitrogens with two attached hydrogens (primary N) is 2. The van der Waals surface area contributed by atoms with E-state index in [0.29, 0.717) is 28.7 Å². The largest absolute Gasteiger partial charge is 0.481 e. The number of benzene rings is 1. The molecule has 45 heavy (non-hydrogen) atoms. The molecule has 0 amide bonds. The SMILES string of the molecule is C[C@H]1[C@H](C)CC[C@]2(C(=O)O)CC[C@]3(C)C(=CC[C@@H]4[C@@]5(C)CC(=C\c6ccc(Cl)cc6)/C(=N\N=C(N)N)C(C)(C)[C@@H]5CC[C@]43C)[C@H]12. The summed E-state index contributed by atoms with van der Waals surface area (Å²) < 4.78 is 0. The summed E-state index contributed by atoms with van der Waals surface area (Å²) in [5.41, 5.74) is 15.4. The van der Waals surface area contributed by atoms with Gasteiger partial charge in [-0.05, 0) is 127 Å². The molecular formula is C38H53ClN4O2. The summed E-state index contributed by atoms with van der Waals surface area (Å²) in [7, 11) is 0. The highest BCUT2D eigenvalue weighted by molar-refractivity contribution is 6.30. The molecule has 0 spiro atoms. The van der Waals surface area contributed by atoms with Crippen molar-refractivity contribution in [1.82, 2.24) is 0 Å². The minimum absolute atomic E-state index is 0.00357. The van der Waals surface area contributed by atoms with Gasteiger partial charge in [0.25, 0.3) is 0 Å². The zero-order valence-electron chi connectivity index (χ0n) is 28.3. The molecule has 5 N–H and O–H groups in total. The number of nitrogens with zero attached hydrogens (tertiary/aromatic N) is 2. The van der Waals surface area contributed by atoms with Crippen molar-refractivity contribution in [3.05, 3.63) is 52.1 Å². The number of carbonyl (C=O) groups is 1. The lowest BCUT2D eigenvalue weighted by atomic mass is 9.33. The number of halogens is 1. The van der Waals surface area contributed by atoms with Crippen LogP contribution in [0.25, 0.3) is 6.08 Å².